The van der Waals surface area contributed by atoms with Crippen molar-refractivity contribution in [3.05, 3.63) is 47.8 Å². The average molecular weight is 239 g/mol. The maximum Gasteiger partial charge on any atom is 0.220 e. The molecule has 0 unspecified atom stereocenters. The van der Waals surface area contributed by atoms with Gasteiger partial charge in [-0.2, -0.15) is 5.10 Å². The maximum atomic E-state index is 5.60. The molecule has 0 amide bonds. The molecule has 0 spiro atoms. The molecule has 0 aliphatic heterocycles. The van der Waals surface area contributed by atoms with E-state index in [9.17, 15) is 0 Å². The van der Waals surface area contributed by atoms with Crippen molar-refractivity contribution in [1.29, 1.82) is 0 Å². The van der Waals surface area contributed by atoms with E-state index in [0.29, 0.717) is 6.54 Å². The van der Waals surface area contributed by atoms with Crippen molar-refractivity contribution in [2.75, 3.05) is 5.73 Å². The first-order chi connectivity index (χ1) is 8.74. The lowest BCUT2D eigenvalue weighted by molar-refractivity contribution is 0.702. The van der Waals surface area contributed by atoms with Gasteiger partial charge in [-0.25, -0.2) is 9.97 Å². The van der Waals surface area contributed by atoms with Crippen LogP contribution in [0, 0.1) is 6.92 Å². The van der Waals surface area contributed by atoms with Crippen LogP contribution in [0.5, 0.6) is 0 Å². The zero-order valence-electron chi connectivity index (χ0n) is 10.0. The molecule has 90 valence electrons. The molecule has 2 heterocycles. The smallest absolute Gasteiger partial charge is 0.220 e. The van der Waals surface area contributed by atoms with Crippen molar-refractivity contribution >= 4 is 17.0 Å². The lowest BCUT2D eigenvalue weighted by atomic mass is 10.2. The molecule has 0 saturated heterocycles. The highest BCUT2D eigenvalue weighted by atomic mass is 15.3. The summed E-state index contributed by atoms with van der Waals surface area (Å²) in [5.74, 6) is 0.282. The van der Waals surface area contributed by atoms with Gasteiger partial charge in [0.2, 0.25) is 5.95 Å². The third-order valence-electron chi connectivity index (χ3n) is 2.85. The molecule has 1 aromatic carbocycles. The molecule has 2 N–H and O–H groups in total. The molecular formula is C13H13N5. The van der Waals surface area contributed by atoms with Gasteiger partial charge >= 0.3 is 0 Å². The number of nitrogens with zero attached hydrogens (tertiary/aromatic N) is 4. The second kappa shape index (κ2) is 4.10. The number of aromatic nitrogens is 4. The van der Waals surface area contributed by atoms with Crippen LogP contribution in [0.4, 0.5) is 5.95 Å². The SMILES string of the molecule is Cc1nn(Cc2ccccc2)c2cnc(N)nc12. The Morgan fingerprint density at radius 1 is 1.22 bits per heavy atom. The molecule has 5 heteroatoms. The van der Waals surface area contributed by atoms with E-state index in [1.807, 2.05) is 29.8 Å². The number of benzene rings is 1. The molecule has 0 atom stereocenters. The van der Waals surface area contributed by atoms with Gasteiger partial charge in [-0.3, -0.25) is 4.68 Å². The van der Waals surface area contributed by atoms with Crippen LogP contribution in [0.1, 0.15) is 11.3 Å². The number of nitrogens with two attached hydrogens (primary N) is 1. The first-order valence-electron chi connectivity index (χ1n) is 5.73. The molecule has 2 aromatic heterocycles. The Labute approximate surface area is 104 Å². The molecule has 0 aliphatic rings. The minimum Gasteiger partial charge on any atom is -0.368 e. The van der Waals surface area contributed by atoms with E-state index in [4.69, 9.17) is 5.73 Å². The number of anilines is 1. The van der Waals surface area contributed by atoms with Crippen LogP contribution in [-0.2, 0) is 6.54 Å². The highest BCUT2D eigenvalue weighted by Crippen LogP contribution is 2.16. The van der Waals surface area contributed by atoms with Crippen LogP contribution < -0.4 is 5.73 Å². The highest BCUT2D eigenvalue weighted by Gasteiger charge is 2.09. The van der Waals surface area contributed by atoms with Gasteiger partial charge in [0.15, 0.2) is 0 Å². The Hall–Kier alpha value is -2.43. The number of aryl methyl sites for hydroxylation is 1. The number of hydrogen-bond acceptors (Lipinski definition) is 4. The monoisotopic (exact) mass is 239 g/mol. The minimum absolute atomic E-state index is 0.282. The van der Waals surface area contributed by atoms with Gasteiger partial charge in [-0.1, -0.05) is 30.3 Å². The first kappa shape index (κ1) is 10.7. The van der Waals surface area contributed by atoms with Crippen LogP contribution in [0.15, 0.2) is 36.5 Å². The third-order valence-corrected chi connectivity index (χ3v) is 2.85. The van der Waals surface area contributed by atoms with Crippen LogP contribution >= 0.6 is 0 Å². The van der Waals surface area contributed by atoms with Crippen LogP contribution in [0.3, 0.4) is 0 Å². The van der Waals surface area contributed by atoms with Crippen molar-refractivity contribution < 1.29 is 0 Å². The van der Waals surface area contributed by atoms with Crippen molar-refractivity contribution in [1.82, 2.24) is 19.7 Å². The quantitative estimate of drug-likeness (QED) is 0.739. The topological polar surface area (TPSA) is 69.6 Å². The summed E-state index contributed by atoms with van der Waals surface area (Å²) in [5, 5.41) is 4.48. The molecule has 0 aliphatic carbocycles. The molecule has 5 nitrogen and oxygen atoms in total. The van der Waals surface area contributed by atoms with Gasteiger partial charge < -0.3 is 5.73 Å². The van der Waals surface area contributed by atoms with E-state index in [1.165, 1.54) is 5.56 Å². The molecule has 0 bridgehead atoms. The van der Waals surface area contributed by atoms with Gasteiger partial charge in [0.1, 0.15) is 11.0 Å². The van der Waals surface area contributed by atoms with Crippen LogP contribution in [0.25, 0.3) is 11.0 Å². The first-order valence-corrected chi connectivity index (χ1v) is 5.73. The zero-order valence-corrected chi connectivity index (χ0v) is 10.0. The lowest BCUT2D eigenvalue weighted by Crippen LogP contribution is -2.02. The fraction of sp³-hybridized carbons (Fsp3) is 0.154. The summed E-state index contributed by atoms with van der Waals surface area (Å²) in [6, 6.07) is 10.2. The van der Waals surface area contributed by atoms with Gasteiger partial charge in [-0.15, -0.1) is 0 Å². The summed E-state index contributed by atoms with van der Waals surface area (Å²) >= 11 is 0. The fourth-order valence-corrected chi connectivity index (χ4v) is 2.00. The van der Waals surface area contributed by atoms with E-state index in [1.54, 1.807) is 6.20 Å². The number of nitrogen functional groups attached to an aromatic ring is 1. The number of hydrogen-bond donors (Lipinski definition) is 1. The van der Waals surface area contributed by atoms with Crippen molar-refractivity contribution in [3.8, 4) is 0 Å². The zero-order chi connectivity index (χ0) is 12.5. The lowest BCUT2D eigenvalue weighted by Gasteiger charge is -2.03. The van der Waals surface area contributed by atoms with Gasteiger partial charge in [-0.05, 0) is 12.5 Å². The highest BCUT2D eigenvalue weighted by molar-refractivity contribution is 5.77. The third kappa shape index (κ3) is 1.79. The second-order valence-electron chi connectivity index (χ2n) is 4.19. The number of rotatable bonds is 2. The molecule has 3 rings (SSSR count). The standard InChI is InChI=1S/C13H13N5/c1-9-12-11(7-15-13(14)16-12)18(17-9)8-10-5-3-2-4-6-10/h2-7H,8H2,1H3,(H2,14,15,16). The van der Waals surface area contributed by atoms with Gasteiger partial charge in [0.05, 0.1) is 18.4 Å². The summed E-state index contributed by atoms with van der Waals surface area (Å²) in [6.07, 6.45) is 1.72. The molecule has 0 radical (unpaired) electrons. The van der Waals surface area contributed by atoms with Crippen molar-refractivity contribution in [3.63, 3.8) is 0 Å². The largest absolute Gasteiger partial charge is 0.368 e. The average Bonchev–Trinajstić information content (AvgIpc) is 2.67. The van der Waals surface area contributed by atoms with Crippen molar-refractivity contribution in [2.24, 2.45) is 0 Å². The molecule has 0 saturated carbocycles. The summed E-state index contributed by atoms with van der Waals surface area (Å²) in [6.45, 7) is 2.63. The molecular weight excluding hydrogens is 226 g/mol. The van der Waals surface area contributed by atoms with E-state index in [-0.39, 0.29) is 5.95 Å². The van der Waals surface area contributed by atoms with E-state index >= 15 is 0 Å². The molecule has 18 heavy (non-hydrogen) atoms. The minimum atomic E-state index is 0.282. The summed E-state index contributed by atoms with van der Waals surface area (Å²) in [7, 11) is 0. The maximum absolute atomic E-state index is 5.60. The summed E-state index contributed by atoms with van der Waals surface area (Å²) in [4.78, 5) is 8.25. The fourth-order valence-electron chi connectivity index (χ4n) is 2.00. The van der Waals surface area contributed by atoms with E-state index in [2.05, 4.69) is 27.2 Å². The summed E-state index contributed by atoms with van der Waals surface area (Å²) < 4.78 is 1.90. The Morgan fingerprint density at radius 3 is 2.78 bits per heavy atom. The van der Waals surface area contributed by atoms with Gasteiger partial charge in [0.25, 0.3) is 0 Å². The Bertz CT molecular complexity index is 687. The molecule has 3 aromatic rings. The second-order valence-corrected chi connectivity index (χ2v) is 4.19. The van der Waals surface area contributed by atoms with Crippen molar-refractivity contribution in [2.45, 2.75) is 13.5 Å². The molecule has 0 fully saturated rings. The number of fused-ring (bicyclic) bond motifs is 1. The Morgan fingerprint density at radius 2 is 2.00 bits per heavy atom. The van der Waals surface area contributed by atoms with E-state index < -0.39 is 0 Å². The predicted molar refractivity (Wildman–Crippen MR) is 70.0 cm³/mol. The Kier molecular flexibility index (Phi) is 2.44. The van der Waals surface area contributed by atoms with Crippen LogP contribution in [-0.4, -0.2) is 19.7 Å². The predicted octanol–water partition coefficient (Wildman–Crippen LogP) is 1.77. The van der Waals surface area contributed by atoms with Gasteiger partial charge in [0, 0.05) is 0 Å². The Balaban J connectivity index is 2.08. The normalized spacial score (nSPS) is 10.9. The van der Waals surface area contributed by atoms with E-state index in [0.717, 1.165) is 16.7 Å². The summed E-state index contributed by atoms with van der Waals surface area (Å²) in [5.41, 5.74) is 9.38. The van der Waals surface area contributed by atoms with Crippen LogP contribution in [0.2, 0.25) is 0 Å².